The zero-order chi connectivity index (χ0) is 20.8. The van der Waals surface area contributed by atoms with Crippen LogP contribution in [-0.2, 0) is 9.59 Å². The Kier molecular flexibility index (Phi) is 7.43. The zero-order valence-electron chi connectivity index (χ0n) is 16.9. The molecule has 0 saturated carbocycles. The Morgan fingerprint density at radius 2 is 1.57 bits per heavy atom. The summed E-state index contributed by atoms with van der Waals surface area (Å²) in [6.45, 7) is 6.09. The fourth-order valence-corrected chi connectivity index (χ4v) is 3.24. The lowest BCUT2D eigenvalue weighted by atomic mass is 10.1. The number of benzene rings is 2. The van der Waals surface area contributed by atoms with Gasteiger partial charge >= 0.3 is 0 Å². The Morgan fingerprint density at radius 1 is 1.00 bits per heavy atom. The Morgan fingerprint density at radius 3 is 2.14 bits per heavy atom. The summed E-state index contributed by atoms with van der Waals surface area (Å²) in [6.07, 6.45) is 0. The van der Waals surface area contributed by atoms with Crippen LogP contribution in [0.2, 0.25) is 5.02 Å². The van der Waals surface area contributed by atoms with Gasteiger partial charge < -0.3 is 15.4 Å². The highest BCUT2D eigenvalue weighted by Crippen LogP contribution is 2.27. The van der Waals surface area contributed by atoms with E-state index in [0.29, 0.717) is 16.5 Å². The number of aryl methyl sites for hydroxylation is 3. The van der Waals surface area contributed by atoms with Crippen molar-refractivity contribution in [2.24, 2.45) is 0 Å². The van der Waals surface area contributed by atoms with Gasteiger partial charge in [-0.05, 0) is 57.1 Å². The zero-order valence-corrected chi connectivity index (χ0v) is 17.6. The highest BCUT2D eigenvalue weighted by atomic mass is 35.5. The summed E-state index contributed by atoms with van der Waals surface area (Å²) in [5, 5.41) is 6.19. The summed E-state index contributed by atoms with van der Waals surface area (Å²) in [6, 6.07) is 9.03. The van der Waals surface area contributed by atoms with Crippen molar-refractivity contribution < 1.29 is 14.3 Å². The van der Waals surface area contributed by atoms with Gasteiger partial charge in [0, 0.05) is 10.7 Å². The number of amides is 2. The molecule has 0 aliphatic rings. The van der Waals surface area contributed by atoms with E-state index < -0.39 is 0 Å². The molecule has 0 aliphatic heterocycles. The smallest absolute Gasteiger partial charge is 0.238 e. The third-order valence-corrected chi connectivity index (χ3v) is 4.44. The Balaban J connectivity index is 1.93. The van der Waals surface area contributed by atoms with Crippen molar-refractivity contribution in [3.63, 3.8) is 0 Å². The monoisotopic (exact) mass is 403 g/mol. The van der Waals surface area contributed by atoms with E-state index in [1.807, 2.05) is 32.9 Å². The molecule has 7 heteroatoms. The maximum absolute atomic E-state index is 12.4. The van der Waals surface area contributed by atoms with Crippen molar-refractivity contribution >= 4 is 34.8 Å². The first-order valence-corrected chi connectivity index (χ1v) is 9.27. The molecule has 2 aromatic carbocycles. The minimum atomic E-state index is -0.265. The highest BCUT2D eigenvalue weighted by molar-refractivity contribution is 6.31. The summed E-state index contributed by atoms with van der Waals surface area (Å²) in [4.78, 5) is 26.3. The van der Waals surface area contributed by atoms with E-state index in [1.54, 1.807) is 30.1 Å². The van der Waals surface area contributed by atoms with Gasteiger partial charge in [0.25, 0.3) is 0 Å². The minimum absolute atomic E-state index is 0.0505. The predicted molar refractivity (Wildman–Crippen MR) is 113 cm³/mol. The van der Waals surface area contributed by atoms with E-state index >= 15 is 0 Å². The van der Waals surface area contributed by atoms with E-state index in [1.165, 1.54) is 7.11 Å². The van der Waals surface area contributed by atoms with Crippen LogP contribution in [0.3, 0.4) is 0 Å². The van der Waals surface area contributed by atoms with Gasteiger partial charge in [0.15, 0.2) is 0 Å². The summed E-state index contributed by atoms with van der Waals surface area (Å²) in [5.74, 6) is 0.0766. The van der Waals surface area contributed by atoms with Crippen molar-refractivity contribution in [1.82, 2.24) is 4.90 Å². The lowest BCUT2D eigenvalue weighted by Gasteiger charge is -2.18. The van der Waals surface area contributed by atoms with Crippen LogP contribution in [0, 0.1) is 20.8 Å². The van der Waals surface area contributed by atoms with Gasteiger partial charge in [-0.2, -0.15) is 0 Å². The first-order valence-electron chi connectivity index (χ1n) is 8.89. The van der Waals surface area contributed by atoms with E-state index in [9.17, 15) is 9.59 Å². The molecule has 28 heavy (non-hydrogen) atoms. The Bertz CT molecular complexity index is 860. The quantitative estimate of drug-likeness (QED) is 0.738. The second-order valence-electron chi connectivity index (χ2n) is 6.89. The molecule has 0 bridgehead atoms. The standard InChI is InChI=1S/C21H26ClN3O3/c1-13-8-14(2)21(15(3)9-13)24-20(27)12-25(4)11-19(26)23-17-10-16(22)6-7-18(17)28-5/h6-10H,11-12H2,1-5H3,(H,23,26)(H,24,27). The molecule has 0 heterocycles. The Labute approximate surface area is 170 Å². The number of rotatable bonds is 7. The summed E-state index contributed by atoms with van der Waals surface area (Å²) < 4.78 is 5.22. The number of nitrogens with one attached hydrogen (secondary N) is 2. The molecule has 0 fully saturated rings. The van der Waals surface area contributed by atoms with E-state index in [0.717, 1.165) is 22.4 Å². The maximum Gasteiger partial charge on any atom is 0.238 e. The van der Waals surface area contributed by atoms with Crippen molar-refractivity contribution in [3.05, 3.63) is 52.0 Å². The first kappa shape index (κ1) is 21.7. The molecule has 0 spiro atoms. The largest absolute Gasteiger partial charge is 0.495 e. The third-order valence-electron chi connectivity index (χ3n) is 4.20. The van der Waals surface area contributed by atoms with Crippen molar-refractivity contribution in [3.8, 4) is 5.75 Å². The molecular weight excluding hydrogens is 378 g/mol. The normalized spacial score (nSPS) is 10.7. The fraction of sp³-hybridized carbons (Fsp3) is 0.333. The number of carbonyl (C=O) groups excluding carboxylic acids is 2. The molecule has 2 N–H and O–H groups in total. The van der Waals surface area contributed by atoms with Gasteiger partial charge in [-0.15, -0.1) is 0 Å². The van der Waals surface area contributed by atoms with Crippen LogP contribution in [0.5, 0.6) is 5.75 Å². The summed E-state index contributed by atoms with van der Waals surface area (Å²) in [5.41, 5.74) is 4.48. The average Bonchev–Trinajstić information content (AvgIpc) is 2.58. The van der Waals surface area contributed by atoms with Crippen LogP contribution in [0.1, 0.15) is 16.7 Å². The molecule has 150 valence electrons. The van der Waals surface area contributed by atoms with Gasteiger partial charge in [-0.3, -0.25) is 14.5 Å². The molecule has 0 atom stereocenters. The van der Waals surface area contributed by atoms with Gasteiger partial charge in [0.05, 0.1) is 25.9 Å². The second kappa shape index (κ2) is 9.57. The number of hydrogen-bond donors (Lipinski definition) is 2. The number of halogens is 1. The van der Waals surface area contributed by atoms with Crippen molar-refractivity contribution in [2.45, 2.75) is 20.8 Å². The van der Waals surface area contributed by atoms with Crippen LogP contribution in [-0.4, -0.2) is 44.0 Å². The number of nitrogens with zero attached hydrogens (tertiary/aromatic N) is 1. The highest BCUT2D eigenvalue weighted by Gasteiger charge is 2.14. The van der Waals surface area contributed by atoms with Crippen LogP contribution in [0.4, 0.5) is 11.4 Å². The van der Waals surface area contributed by atoms with Crippen molar-refractivity contribution in [1.29, 1.82) is 0 Å². The van der Waals surface area contributed by atoms with E-state index in [4.69, 9.17) is 16.3 Å². The molecule has 6 nitrogen and oxygen atoms in total. The lowest BCUT2D eigenvalue weighted by Crippen LogP contribution is -2.36. The molecule has 0 radical (unpaired) electrons. The molecule has 2 amide bonds. The van der Waals surface area contributed by atoms with Gasteiger partial charge in [0.1, 0.15) is 5.75 Å². The van der Waals surface area contributed by atoms with Crippen LogP contribution >= 0.6 is 11.6 Å². The maximum atomic E-state index is 12.4. The second-order valence-corrected chi connectivity index (χ2v) is 7.32. The van der Waals surface area contributed by atoms with Crippen LogP contribution in [0.25, 0.3) is 0 Å². The molecule has 2 rings (SSSR count). The van der Waals surface area contributed by atoms with E-state index in [2.05, 4.69) is 10.6 Å². The van der Waals surface area contributed by atoms with Gasteiger partial charge in [-0.25, -0.2) is 0 Å². The number of ether oxygens (including phenoxy) is 1. The topological polar surface area (TPSA) is 70.7 Å². The minimum Gasteiger partial charge on any atom is -0.495 e. The summed E-state index contributed by atoms with van der Waals surface area (Å²) >= 11 is 5.97. The molecule has 0 unspecified atom stereocenters. The van der Waals surface area contributed by atoms with Gasteiger partial charge in [-0.1, -0.05) is 29.3 Å². The predicted octanol–water partition coefficient (Wildman–Crippen LogP) is 3.78. The number of anilines is 2. The molecular formula is C21H26ClN3O3. The summed E-state index contributed by atoms with van der Waals surface area (Å²) in [7, 11) is 3.23. The average molecular weight is 404 g/mol. The van der Waals surface area contributed by atoms with Crippen LogP contribution in [0.15, 0.2) is 30.3 Å². The number of carbonyl (C=O) groups is 2. The SMILES string of the molecule is COc1ccc(Cl)cc1NC(=O)CN(C)CC(=O)Nc1c(C)cc(C)cc1C. The van der Waals surface area contributed by atoms with Crippen LogP contribution < -0.4 is 15.4 Å². The lowest BCUT2D eigenvalue weighted by molar-refractivity contribution is -0.119. The molecule has 2 aromatic rings. The molecule has 0 saturated heterocycles. The number of likely N-dealkylation sites (N-methyl/N-ethyl adjacent to an activating group) is 1. The third kappa shape index (κ3) is 5.97. The Hall–Kier alpha value is -2.57. The molecule has 0 aromatic heterocycles. The fourth-order valence-electron chi connectivity index (χ4n) is 3.07. The van der Waals surface area contributed by atoms with Crippen molar-refractivity contribution in [2.75, 3.05) is 37.9 Å². The number of methoxy groups -OCH3 is 1. The van der Waals surface area contributed by atoms with Gasteiger partial charge in [0.2, 0.25) is 11.8 Å². The molecule has 0 aliphatic carbocycles. The number of hydrogen-bond acceptors (Lipinski definition) is 4. The van der Waals surface area contributed by atoms with E-state index in [-0.39, 0.29) is 24.9 Å². The first-order chi connectivity index (χ1) is 13.2.